The van der Waals surface area contributed by atoms with Gasteiger partial charge >= 0.3 is 5.97 Å². The van der Waals surface area contributed by atoms with Gasteiger partial charge in [-0.3, -0.25) is 14.8 Å². The monoisotopic (exact) mass is 347 g/mol. The van der Waals surface area contributed by atoms with E-state index in [2.05, 4.69) is 20.0 Å². The summed E-state index contributed by atoms with van der Waals surface area (Å²) in [4.78, 5) is 32.2. The molecule has 0 spiro atoms. The molecule has 1 amide bonds. The number of rotatable bonds is 5. The van der Waals surface area contributed by atoms with Crippen molar-refractivity contribution in [2.24, 2.45) is 0 Å². The van der Waals surface area contributed by atoms with E-state index in [1.54, 1.807) is 42.9 Å². The molecule has 6 heteroatoms. The fourth-order valence-corrected chi connectivity index (χ4v) is 2.50. The van der Waals surface area contributed by atoms with E-state index in [4.69, 9.17) is 0 Å². The largest absolute Gasteiger partial charge is 0.465 e. The molecule has 2 aromatic heterocycles. The Morgan fingerprint density at radius 3 is 2.35 bits per heavy atom. The standard InChI is InChI=1S/C20H17N3O3/c1-26-20(25)16-6-4-15(5-7-16)19(24)23-13-17-3-2-10-22-18(17)14-8-11-21-12-9-14/h2-12H,13H2,1H3,(H,23,24). The predicted molar refractivity (Wildman–Crippen MR) is 96.4 cm³/mol. The number of carbonyl (C=O) groups excluding carboxylic acids is 2. The summed E-state index contributed by atoms with van der Waals surface area (Å²) in [5, 5.41) is 2.88. The lowest BCUT2D eigenvalue weighted by atomic mass is 10.1. The normalized spacial score (nSPS) is 10.2. The van der Waals surface area contributed by atoms with Crippen LogP contribution in [0, 0.1) is 0 Å². The molecule has 0 aliphatic carbocycles. The molecule has 3 aromatic rings. The molecule has 1 N–H and O–H groups in total. The van der Waals surface area contributed by atoms with Crippen LogP contribution in [0.25, 0.3) is 11.3 Å². The molecular weight excluding hydrogens is 330 g/mol. The zero-order valence-electron chi connectivity index (χ0n) is 14.2. The quantitative estimate of drug-likeness (QED) is 0.718. The zero-order valence-corrected chi connectivity index (χ0v) is 14.2. The van der Waals surface area contributed by atoms with Gasteiger partial charge in [0.25, 0.3) is 5.91 Å². The number of nitrogens with zero attached hydrogens (tertiary/aromatic N) is 2. The third-order valence-electron chi connectivity index (χ3n) is 3.85. The van der Waals surface area contributed by atoms with E-state index in [9.17, 15) is 9.59 Å². The van der Waals surface area contributed by atoms with Crippen LogP contribution in [0.3, 0.4) is 0 Å². The average molecular weight is 347 g/mol. The lowest BCUT2D eigenvalue weighted by molar-refractivity contribution is 0.0600. The van der Waals surface area contributed by atoms with Crippen molar-refractivity contribution in [3.05, 3.63) is 83.8 Å². The second-order valence-electron chi connectivity index (χ2n) is 5.50. The van der Waals surface area contributed by atoms with Crippen molar-refractivity contribution < 1.29 is 14.3 Å². The van der Waals surface area contributed by atoms with Crippen molar-refractivity contribution in [3.8, 4) is 11.3 Å². The molecule has 0 atom stereocenters. The van der Waals surface area contributed by atoms with Crippen LogP contribution in [0.5, 0.6) is 0 Å². The van der Waals surface area contributed by atoms with E-state index in [1.807, 2.05) is 24.3 Å². The number of methoxy groups -OCH3 is 1. The number of carbonyl (C=O) groups is 2. The van der Waals surface area contributed by atoms with Gasteiger partial charge in [0.15, 0.2) is 0 Å². The number of esters is 1. The van der Waals surface area contributed by atoms with E-state index in [0.717, 1.165) is 16.8 Å². The lowest BCUT2D eigenvalue weighted by Crippen LogP contribution is -2.23. The van der Waals surface area contributed by atoms with E-state index in [0.29, 0.717) is 17.7 Å². The maximum absolute atomic E-state index is 12.4. The van der Waals surface area contributed by atoms with Crippen LogP contribution in [-0.2, 0) is 11.3 Å². The zero-order chi connectivity index (χ0) is 18.4. The van der Waals surface area contributed by atoms with E-state index < -0.39 is 5.97 Å². The highest BCUT2D eigenvalue weighted by Gasteiger charge is 2.11. The Kier molecular flexibility index (Phi) is 5.34. The summed E-state index contributed by atoms with van der Waals surface area (Å²) in [6, 6.07) is 13.8. The second-order valence-corrected chi connectivity index (χ2v) is 5.50. The van der Waals surface area contributed by atoms with Crippen molar-refractivity contribution in [1.29, 1.82) is 0 Å². The van der Waals surface area contributed by atoms with Crippen LogP contribution in [-0.4, -0.2) is 29.0 Å². The third kappa shape index (κ3) is 3.92. The molecule has 3 rings (SSSR count). The van der Waals surface area contributed by atoms with E-state index in [-0.39, 0.29) is 5.91 Å². The molecule has 0 aliphatic rings. The summed E-state index contributed by atoms with van der Waals surface area (Å²) in [6.07, 6.45) is 5.12. The van der Waals surface area contributed by atoms with Gasteiger partial charge in [0.2, 0.25) is 0 Å². The number of pyridine rings is 2. The van der Waals surface area contributed by atoms with Crippen molar-refractivity contribution in [2.75, 3.05) is 7.11 Å². The van der Waals surface area contributed by atoms with Crippen molar-refractivity contribution in [1.82, 2.24) is 15.3 Å². The van der Waals surface area contributed by atoms with Crippen LogP contribution in [0.2, 0.25) is 0 Å². The first-order valence-electron chi connectivity index (χ1n) is 8.00. The Morgan fingerprint density at radius 2 is 1.65 bits per heavy atom. The minimum absolute atomic E-state index is 0.231. The summed E-state index contributed by atoms with van der Waals surface area (Å²) in [5.74, 6) is -0.666. The number of benzene rings is 1. The predicted octanol–water partition coefficient (Wildman–Crippen LogP) is 2.86. The van der Waals surface area contributed by atoms with Gasteiger partial charge in [0.05, 0.1) is 18.4 Å². The van der Waals surface area contributed by atoms with Gasteiger partial charge < -0.3 is 10.1 Å². The lowest BCUT2D eigenvalue weighted by Gasteiger charge is -2.10. The molecule has 6 nitrogen and oxygen atoms in total. The Balaban J connectivity index is 1.72. The molecule has 1 aromatic carbocycles. The van der Waals surface area contributed by atoms with Crippen LogP contribution in [0.15, 0.2) is 67.1 Å². The number of aromatic nitrogens is 2. The van der Waals surface area contributed by atoms with Gasteiger partial charge in [-0.15, -0.1) is 0 Å². The Morgan fingerprint density at radius 1 is 0.962 bits per heavy atom. The van der Waals surface area contributed by atoms with Gasteiger partial charge in [-0.05, 0) is 48.0 Å². The first-order chi connectivity index (χ1) is 12.7. The number of hydrogen-bond acceptors (Lipinski definition) is 5. The number of ether oxygens (including phenoxy) is 1. The first-order valence-corrected chi connectivity index (χ1v) is 8.00. The van der Waals surface area contributed by atoms with Gasteiger partial charge in [0, 0.05) is 36.3 Å². The highest BCUT2D eigenvalue weighted by atomic mass is 16.5. The Bertz CT molecular complexity index is 909. The fourth-order valence-electron chi connectivity index (χ4n) is 2.50. The molecule has 130 valence electrons. The molecule has 0 bridgehead atoms. The van der Waals surface area contributed by atoms with Gasteiger partial charge in [0.1, 0.15) is 0 Å². The number of amides is 1. The molecule has 0 radical (unpaired) electrons. The Labute approximate surface area is 150 Å². The van der Waals surface area contributed by atoms with Crippen molar-refractivity contribution in [2.45, 2.75) is 6.54 Å². The summed E-state index contributed by atoms with van der Waals surface area (Å²) in [5.41, 5.74) is 3.50. The summed E-state index contributed by atoms with van der Waals surface area (Å²) in [7, 11) is 1.32. The van der Waals surface area contributed by atoms with E-state index in [1.165, 1.54) is 7.11 Å². The van der Waals surface area contributed by atoms with Crippen LogP contribution in [0.1, 0.15) is 26.3 Å². The molecule has 0 fully saturated rings. The average Bonchev–Trinajstić information content (AvgIpc) is 2.72. The SMILES string of the molecule is COC(=O)c1ccc(C(=O)NCc2cccnc2-c2ccncc2)cc1. The van der Waals surface area contributed by atoms with Crippen molar-refractivity contribution in [3.63, 3.8) is 0 Å². The Hall–Kier alpha value is -3.54. The van der Waals surface area contributed by atoms with Gasteiger partial charge in [-0.25, -0.2) is 4.79 Å². The molecule has 2 heterocycles. The highest BCUT2D eigenvalue weighted by molar-refractivity contribution is 5.96. The molecular formula is C20H17N3O3. The van der Waals surface area contributed by atoms with Crippen molar-refractivity contribution >= 4 is 11.9 Å². The minimum Gasteiger partial charge on any atom is -0.465 e. The van der Waals surface area contributed by atoms with Gasteiger partial charge in [-0.2, -0.15) is 0 Å². The third-order valence-corrected chi connectivity index (χ3v) is 3.85. The molecule has 0 saturated carbocycles. The van der Waals surface area contributed by atoms with E-state index >= 15 is 0 Å². The fraction of sp³-hybridized carbons (Fsp3) is 0.100. The summed E-state index contributed by atoms with van der Waals surface area (Å²) < 4.78 is 4.65. The molecule has 0 saturated heterocycles. The highest BCUT2D eigenvalue weighted by Crippen LogP contribution is 2.20. The first kappa shape index (κ1) is 17.3. The maximum Gasteiger partial charge on any atom is 0.337 e. The summed E-state index contributed by atoms with van der Waals surface area (Å²) >= 11 is 0. The summed E-state index contributed by atoms with van der Waals surface area (Å²) in [6.45, 7) is 0.336. The number of nitrogens with one attached hydrogen (secondary N) is 1. The van der Waals surface area contributed by atoms with Gasteiger partial charge in [-0.1, -0.05) is 6.07 Å². The molecule has 0 unspecified atom stereocenters. The van der Waals surface area contributed by atoms with Crippen LogP contribution < -0.4 is 5.32 Å². The topological polar surface area (TPSA) is 81.2 Å². The molecule has 0 aliphatic heterocycles. The number of hydrogen-bond donors (Lipinski definition) is 1. The van der Waals surface area contributed by atoms with Crippen LogP contribution in [0.4, 0.5) is 0 Å². The molecule has 26 heavy (non-hydrogen) atoms. The van der Waals surface area contributed by atoms with Crippen LogP contribution >= 0.6 is 0 Å². The maximum atomic E-state index is 12.4. The smallest absolute Gasteiger partial charge is 0.337 e. The second kappa shape index (κ2) is 8.02. The minimum atomic E-state index is -0.436.